The maximum Gasteiger partial charge on any atom is 0.243 e. The summed E-state index contributed by atoms with van der Waals surface area (Å²) in [5.41, 5.74) is 0.514. The molecule has 8 heteroatoms. The first-order valence-corrected chi connectivity index (χ1v) is 11.2. The molecule has 0 bridgehead atoms. The Morgan fingerprint density at radius 1 is 1.04 bits per heavy atom. The highest BCUT2D eigenvalue weighted by atomic mass is 32.2. The Hall–Kier alpha value is -1.93. The Bertz CT molecular complexity index is 730. The van der Waals surface area contributed by atoms with Crippen molar-refractivity contribution in [2.75, 3.05) is 25.5 Å². The van der Waals surface area contributed by atoms with Crippen molar-refractivity contribution in [3.63, 3.8) is 0 Å². The lowest BCUT2D eigenvalue weighted by molar-refractivity contribution is -0.121. The van der Waals surface area contributed by atoms with E-state index in [1.54, 1.807) is 0 Å². The average molecular weight is 412 g/mol. The van der Waals surface area contributed by atoms with E-state index in [9.17, 15) is 18.0 Å². The fourth-order valence-electron chi connectivity index (χ4n) is 2.70. The van der Waals surface area contributed by atoms with Crippen LogP contribution in [0.5, 0.6) is 0 Å². The number of carbonyl (C=O) groups excluding carboxylic acids is 2. The number of likely N-dealkylation sites (N-methyl/N-ethyl adjacent to an activating group) is 1. The van der Waals surface area contributed by atoms with E-state index in [0.717, 1.165) is 29.5 Å². The summed E-state index contributed by atoms with van der Waals surface area (Å²) in [5, 5.41) is 5.36. The molecule has 0 atom stereocenters. The van der Waals surface area contributed by atoms with E-state index in [1.807, 2.05) is 0 Å². The van der Waals surface area contributed by atoms with E-state index in [4.69, 9.17) is 0 Å². The molecule has 1 rings (SSSR count). The van der Waals surface area contributed by atoms with Gasteiger partial charge in [-0.2, -0.15) is 4.31 Å². The molecule has 2 N–H and O–H groups in total. The number of nitrogens with one attached hydrogen (secondary N) is 2. The zero-order valence-electron chi connectivity index (χ0n) is 17.3. The van der Waals surface area contributed by atoms with Gasteiger partial charge in [-0.1, -0.05) is 39.5 Å². The molecule has 2 amide bonds. The second kappa shape index (κ2) is 11.8. The Morgan fingerprint density at radius 3 is 2.21 bits per heavy atom. The summed E-state index contributed by atoms with van der Waals surface area (Å²) in [6.45, 7) is 6.12. The predicted octanol–water partition coefficient (Wildman–Crippen LogP) is 2.99. The summed E-state index contributed by atoms with van der Waals surface area (Å²) in [6.07, 6.45) is 5.53. The fourth-order valence-corrected chi connectivity index (χ4v) is 3.82. The summed E-state index contributed by atoms with van der Waals surface area (Å²) < 4.78 is 26.2. The standard InChI is InChI=1S/C20H33N3O4S/c1-16(2)9-7-5-6-8-14-21-20(25)15-23(4)28(26,27)19-12-10-18(11-13-19)22-17(3)24/h10-13,16H,5-9,14-15H2,1-4H3,(H,21,25)(H,22,24). The third-order valence-corrected chi connectivity index (χ3v) is 6.10. The maximum atomic E-state index is 12.6. The Labute approximate surface area is 168 Å². The highest BCUT2D eigenvalue weighted by Crippen LogP contribution is 2.17. The fraction of sp³-hybridized carbons (Fsp3) is 0.600. The normalized spacial score (nSPS) is 11.6. The highest BCUT2D eigenvalue weighted by Gasteiger charge is 2.22. The van der Waals surface area contributed by atoms with Crippen molar-refractivity contribution in [2.45, 2.75) is 57.8 Å². The third kappa shape index (κ3) is 8.84. The molecule has 1 aromatic carbocycles. The maximum absolute atomic E-state index is 12.6. The summed E-state index contributed by atoms with van der Waals surface area (Å²) in [4.78, 5) is 23.1. The van der Waals surface area contributed by atoms with Gasteiger partial charge in [-0.05, 0) is 36.6 Å². The van der Waals surface area contributed by atoms with Gasteiger partial charge in [0.05, 0.1) is 11.4 Å². The van der Waals surface area contributed by atoms with Crippen molar-refractivity contribution in [2.24, 2.45) is 5.92 Å². The van der Waals surface area contributed by atoms with Crippen molar-refractivity contribution in [3.8, 4) is 0 Å². The van der Waals surface area contributed by atoms with E-state index in [2.05, 4.69) is 24.5 Å². The van der Waals surface area contributed by atoms with Gasteiger partial charge < -0.3 is 10.6 Å². The Balaban J connectivity index is 2.42. The van der Waals surface area contributed by atoms with E-state index in [-0.39, 0.29) is 23.3 Å². The smallest absolute Gasteiger partial charge is 0.243 e. The second-order valence-corrected chi connectivity index (χ2v) is 9.46. The summed E-state index contributed by atoms with van der Waals surface area (Å²) in [7, 11) is -2.39. The Morgan fingerprint density at radius 2 is 1.64 bits per heavy atom. The van der Waals surface area contributed by atoms with Crippen molar-refractivity contribution < 1.29 is 18.0 Å². The van der Waals surface area contributed by atoms with E-state index >= 15 is 0 Å². The van der Waals surface area contributed by atoms with Crippen LogP contribution in [0.15, 0.2) is 29.2 Å². The number of hydrogen-bond acceptors (Lipinski definition) is 4. The SMILES string of the molecule is CC(=O)Nc1ccc(S(=O)(=O)N(C)CC(=O)NCCCCCCC(C)C)cc1. The summed E-state index contributed by atoms with van der Waals surface area (Å²) >= 11 is 0. The Kier molecular flexibility index (Phi) is 10.2. The zero-order chi connectivity index (χ0) is 21.2. The first-order valence-electron chi connectivity index (χ1n) is 9.73. The third-order valence-electron chi connectivity index (χ3n) is 4.28. The van der Waals surface area contributed by atoms with Crippen LogP contribution in [0.25, 0.3) is 0 Å². The lowest BCUT2D eigenvalue weighted by atomic mass is 10.0. The van der Waals surface area contributed by atoms with E-state index < -0.39 is 10.0 Å². The number of nitrogens with zero attached hydrogens (tertiary/aromatic N) is 1. The largest absolute Gasteiger partial charge is 0.355 e. The quantitative estimate of drug-likeness (QED) is 0.517. The molecular weight excluding hydrogens is 378 g/mol. The molecule has 28 heavy (non-hydrogen) atoms. The van der Waals surface area contributed by atoms with Crippen LogP contribution in [0.1, 0.15) is 52.9 Å². The lowest BCUT2D eigenvalue weighted by Gasteiger charge is -2.17. The van der Waals surface area contributed by atoms with Crippen LogP contribution in [0.2, 0.25) is 0 Å². The van der Waals surface area contributed by atoms with Crippen LogP contribution in [-0.2, 0) is 19.6 Å². The molecule has 0 fully saturated rings. The molecular formula is C20H33N3O4S. The van der Waals surface area contributed by atoms with Crippen molar-refractivity contribution in [3.05, 3.63) is 24.3 Å². The molecule has 158 valence electrons. The topological polar surface area (TPSA) is 95.6 Å². The van der Waals surface area contributed by atoms with Gasteiger partial charge >= 0.3 is 0 Å². The minimum atomic E-state index is -3.77. The van der Waals surface area contributed by atoms with Crippen molar-refractivity contribution in [1.29, 1.82) is 0 Å². The van der Waals surface area contributed by atoms with E-state index in [0.29, 0.717) is 12.2 Å². The van der Waals surface area contributed by atoms with Gasteiger partial charge in [0, 0.05) is 26.2 Å². The molecule has 0 saturated heterocycles. The van der Waals surface area contributed by atoms with Gasteiger partial charge in [0.15, 0.2) is 0 Å². The molecule has 0 spiro atoms. The van der Waals surface area contributed by atoms with Crippen molar-refractivity contribution >= 4 is 27.5 Å². The molecule has 0 aliphatic carbocycles. The van der Waals surface area contributed by atoms with Gasteiger partial charge in [0.1, 0.15) is 0 Å². The van der Waals surface area contributed by atoms with E-state index in [1.165, 1.54) is 51.1 Å². The van der Waals surface area contributed by atoms with Crippen LogP contribution >= 0.6 is 0 Å². The lowest BCUT2D eigenvalue weighted by Crippen LogP contribution is -2.38. The summed E-state index contributed by atoms with van der Waals surface area (Å²) in [5.74, 6) is 0.172. The molecule has 7 nitrogen and oxygen atoms in total. The molecule has 0 aromatic heterocycles. The van der Waals surface area contributed by atoms with Crippen LogP contribution in [0.4, 0.5) is 5.69 Å². The number of carbonyl (C=O) groups is 2. The number of amides is 2. The van der Waals surface area contributed by atoms with Crippen LogP contribution in [0.3, 0.4) is 0 Å². The van der Waals surface area contributed by atoms with Gasteiger partial charge in [-0.3, -0.25) is 9.59 Å². The molecule has 0 unspecified atom stereocenters. The number of hydrogen-bond donors (Lipinski definition) is 2. The monoisotopic (exact) mass is 411 g/mol. The van der Waals surface area contributed by atoms with Crippen molar-refractivity contribution in [1.82, 2.24) is 9.62 Å². The predicted molar refractivity (Wildman–Crippen MR) is 111 cm³/mol. The van der Waals surface area contributed by atoms with Gasteiger partial charge in [0.2, 0.25) is 21.8 Å². The number of sulfonamides is 1. The second-order valence-electron chi connectivity index (χ2n) is 7.41. The minimum absolute atomic E-state index is 0.0713. The first-order chi connectivity index (χ1) is 13.1. The number of benzene rings is 1. The van der Waals surface area contributed by atoms with Crippen LogP contribution in [0, 0.1) is 5.92 Å². The van der Waals surface area contributed by atoms with Crippen LogP contribution in [-0.4, -0.2) is 44.7 Å². The van der Waals surface area contributed by atoms with Crippen LogP contribution < -0.4 is 10.6 Å². The highest BCUT2D eigenvalue weighted by molar-refractivity contribution is 7.89. The molecule has 0 aliphatic heterocycles. The molecule has 0 radical (unpaired) electrons. The van der Waals surface area contributed by atoms with Gasteiger partial charge in [-0.15, -0.1) is 0 Å². The molecule has 0 aliphatic rings. The number of anilines is 1. The first kappa shape index (κ1) is 24.1. The van der Waals surface area contributed by atoms with Gasteiger partial charge in [-0.25, -0.2) is 8.42 Å². The van der Waals surface area contributed by atoms with Gasteiger partial charge in [0.25, 0.3) is 0 Å². The minimum Gasteiger partial charge on any atom is -0.355 e. The number of unbranched alkanes of at least 4 members (excludes halogenated alkanes) is 3. The summed E-state index contributed by atoms with van der Waals surface area (Å²) in [6, 6.07) is 5.85. The zero-order valence-corrected chi connectivity index (χ0v) is 18.1. The molecule has 0 heterocycles. The molecule has 0 saturated carbocycles. The number of rotatable bonds is 12. The molecule has 1 aromatic rings. The average Bonchev–Trinajstić information content (AvgIpc) is 2.60.